The zero-order chi connectivity index (χ0) is 24.9. The molecule has 0 aromatic heterocycles. The van der Waals surface area contributed by atoms with E-state index in [4.69, 9.17) is 4.74 Å². The third kappa shape index (κ3) is 9.14. The highest BCUT2D eigenvalue weighted by Crippen LogP contribution is 2.45. The average molecular weight is 485 g/mol. The van der Waals surface area contributed by atoms with Crippen molar-refractivity contribution in [2.75, 3.05) is 6.61 Å². The maximum atomic E-state index is 12.0. The lowest BCUT2D eigenvalue weighted by atomic mass is 9.67. The van der Waals surface area contributed by atoms with Crippen LogP contribution >= 0.6 is 0 Å². The summed E-state index contributed by atoms with van der Waals surface area (Å²) in [6.07, 6.45) is 23.6. The standard InChI is InChI=1S/C32H52O3/c1-3-5-7-8-9-11-23-35-29-21-22-30(32(33)34)31(24-29)28-19-17-27(18-20-28)26-15-13-25(14-16-26)12-10-6-4-2/h21-22,24-28H,3-20,23H2,1-2H3,(H,33,34)/t25-,26-,27-,28-. The second-order valence-corrected chi connectivity index (χ2v) is 11.6. The minimum absolute atomic E-state index is 0.361. The lowest BCUT2D eigenvalue weighted by Crippen LogP contribution is -2.26. The molecule has 3 rings (SSSR count). The van der Waals surface area contributed by atoms with Crippen molar-refractivity contribution in [2.24, 2.45) is 17.8 Å². The molecular weight excluding hydrogens is 432 g/mol. The van der Waals surface area contributed by atoms with Crippen molar-refractivity contribution in [1.82, 2.24) is 0 Å². The van der Waals surface area contributed by atoms with Crippen LogP contribution in [0, 0.1) is 17.8 Å². The molecule has 0 saturated heterocycles. The molecule has 1 aromatic rings. The van der Waals surface area contributed by atoms with Crippen molar-refractivity contribution in [3.05, 3.63) is 29.3 Å². The van der Waals surface area contributed by atoms with E-state index in [1.165, 1.54) is 96.3 Å². The van der Waals surface area contributed by atoms with Gasteiger partial charge in [-0.3, -0.25) is 0 Å². The van der Waals surface area contributed by atoms with Crippen LogP contribution in [0.4, 0.5) is 0 Å². The quantitative estimate of drug-likeness (QED) is 0.252. The third-order valence-corrected chi connectivity index (χ3v) is 9.01. The summed E-state index contributed by atoms with van der Waals surface area (Å²) in [5.74, 6) is 3.15. The number of hydrogen-bond donors (Lipinski definition) is 1. The number of carboxylic acid groups (broad SMARTS) is 1. The lowest BCUT2D eigenvalue weighted by Gasteiger charge is -2.38. The Balaban J connectivity index is 1.47. The molecule has 2 aliphatic rings. The largest absolute Gasteiger partial charge is 0.494 e. The summed E-state index contributed by atoms with van der Waals surface area (Å²) < 4.78 is 6.05. The van der Waals surface area contributed by atoms with Gasteiger partial charge in [0, 0.05) is 0 Å². The Morgan fingerprint density at radius 2 is 1.40 bits per heavy atom. The van der Waals surface area contributed by atoms with Gasteiger partial charge in [-0.15, -0.1) is 0 Å². The second-order valence-electron chi connectivity index (χ2n) is 11.6. The number of carboxylic acids is 1. The van der Waals surface area contributed by atoms with Gasteiger partial charge in [-0.2, -0.15) is 0 Å². The zero-order valence-electron chi connectivity index (χ0n) is 22.7. The van der Waals surface area contributed by atoms with Crippen molar-refractivity contribution >= 4 is 5.97 Å². The van der Waals surface area contributed by atoms with E-state index in [0.717, 1.165) is 54.9 Å². The van der Waals surface area contributed by atoms with Crippen LogP contribution in [0.25, 0.3) is 0 Å². The number of carbonyl (C=O) groups is 1. The molecule has 0 unspecified atom stereocenters. The van der Waals surface area contributed by atoms with E-state index in [0.29, 0.717) is 11.5 Å². The van der Waals surface area contributed by atoms with Crippen molar-refractivity contribution in [1.29, 1.82) is 0 Å². The second kappa shape index (κ2) is 15.6. The van der Waals surface area contributed by atoms with Gasteiger partial charge < -0.3 is 9.84 Å². The molecule has 0 amide bonds. The summed E-state index contributed by atoms with van der Waals surface area (Å²) in [6, 6.07) is 5.68. The summed E-state index contributed by atoms with van der Waals surface area (Å²) in [4.78, 5) is 12.0. The molecule has 198 valence electrons. The van der Waals surface area contributed by atoms with Crippen LogP contribution in [0.2, 0.25) is 0 Å². The summed E-state index contributed by atoms with van der Waals surface area (Å²) in [5.41, 5.74) is 1.49. The molecule has 2 fully saturated rings. The normalized spacial score (nSPS) is 24.9. The molecule has 35 heavy (non-hydrogen) atoms. The number of hydrogen-bond acceptors (Lipinski definition) is 2. The third-order valence-electron chi connectivity index (χ3n) is 9.01. The van der Waals surface area contributed by atoms with Crippen LogP contribution in [0.15, 0.2) is 18.2 Å². The van der Waals surface area contributed by atoms with Gasteiger partial charge in [0.25, 0.3) is 0 Å². The topological polar surface area (TPSA) is 46.5 Å². The molecule has 0 aliphatic heterocycles. The zero-order valence-corrected chi connectivity index (χ0v) is 22.7. The molecule has 2 saturated carbocycles. The number of rotatable bonds is 15. The first kappa shape index (κ1) is 28.1. The number of benzene rings is 1. The van der Waals surface area contributed by atoms with E-state index in [1.807, 2.05) is 12.1 Å². The van der Waals surface area contributed by atoms with Gasteiger partial charge in [-0.1, -0.05) is 84.5 Å². The Kier molecular flexibility index (Phi) is 12.5. The van der Waals surface area contributed by atoms with Gasteiger partial charge in [0.1, 0.15) is 5.75 Å². The van der Waals surface area contributed by atoms with Crippen molar-refractivity contribution < 1.29 is 14.6 Å². The molecule has 3 nitrogen and oxygen atoms in total. The molecule has 0 radical (unpaired) electrons. The first-order chi connectivity index (χ1) is 17.1. The Bertz CT molecular complexity index is 726. The van der Waals surface area contributed by atoms with Crippen LogP contribution in [-0.4, -0.2) is 17.7 Å². The molecule has 1 N–H and O–H groups in total. The summed E-state index contributed by atoms with van der Waals surface area (Å²) >= 11 is 0. The Labute approximate surface area is 215 Å². The fourth-order valence-corrected chi connectivity index (χ4v) is 6.77. The van der Waals surface area contributed by atoms with Gasteiger partial charge >= 0.3 is 5.97 Å². The smallest absolute Gasteiger partial charge is 0.335 e. The van der Waals surface area contributed by atoms with Crippen LogP contribution in [0.3, 0.4) is 0 Å². The van der Waals surface area contributed by atoms with Gasteiger partial charge in [0.05, 0.1) is 12.2 Å². The maximum absolute atomic E-state index is 12.0. The van der Waals surface area contributed by atoms with Crippen molar-refractivity contribution in [2.45, 2.75) is 135 Å². The van der Waals surface area contributed by atoms with Crippen LogP contribution in [0.1, 0.15) is 151 Å². The summed E-state index contributed by atoms with van der Waals surface area (Å²) in [5, 5.41) is 9.82. The Morgan fingerprint density at radius 1 is 0.800 bits per heavy atom. The number of aromatic carboxylic acids is 1. The van der Waals surface area contributed by atoms with Gasteiger partial charge in [0.15, 0.2) is 0 Å². The predicted octanol–water partition coefficient (Wildman–Crippen LogP) is 9.78. The monoisotopic (exact) mass is 484 g/mol. The number of ether oxygens (including phenoxy) is 1. The van der Waals surface area contributed by atoms with E-state index in [2.05, 4.69) is 13.8 Å². The number of unbranched alkanes of at least 4 members (excludes halogenated alkanes) is 7. The van der Waals surface area contributed by atoms with E-state index in [-0.39, 0.29) is 0 Å². The first-order valence-electron chi connectivity index (χ1n) is 15.1. The summed E-state index contributed by atoms with van der Waals surface area (Å²) in [7, 11) is 0. The average Bonchev–Trinajstić information content (AvgIpc) is 2.88. The molecule has 0 heterocycles. The molecule has 0 spiro atoms. The van der Waals surface area contributed by atoms with Gasteiger partial charge in [0.2, 0.25) is 0 Å². The molecular formula is C32H52O3. The molecule has 3 heteroatoms. The Hall–Kier alpha value is -1.51. The van der Waals surface area contributed by atoms with Gasteiger partial charge in [-0.25, -0.2) is 4.79 Å². The van der Waals surface area contributed by atoms with Gasteiger partial charge in [-0.05, 0) is 92.4 Å². The minimum Gasteiger partial charge on any atom is -0.494 e. The van der Waals surface area contributed by atoms with Crippen molar-refractivity contribution in [3.63, 3.8) is 0 Å². The lowest BCUT2D eigenvalue weighted by molar-refractivity contribution is 0.0694. The fourth-order valence-electron chi connectivity index (χ4n) is 6.77. The highest BCUT2D eigenvalue weighted by molar-refractivity contribution is 5.89. The van der Waals surface area contributed by atoms with Crippen molar-refractivity contribution in [3.8, 4) is 5.75 Å². The molecule has 0 bridgehead atoms. The first-order valence-corrected chi connectivity index (χ1v) is 15.1. The highest BCUT2D eigenvalue weighted by atomic mass is 16.5. The SMILES string of the molecule is CCCCCCCCOc1ccc(C(=O)O)c([C@H]2CC[C@H]([C@H]3CC[C@H](CCCCC)CC3)CC2)c1. The van der Waals surface area contributed by atoms with E-state index in [1.54, 1.807) is 6.07 Å². The summed E-state index contributed by atoms with van der Waals surface area (Å²) in [6.45, 7) is 5.27. The fraction of sp³-hybridized carbons (Fsp3) is 0.781. The van der Waals surface area contributed by atoms with Crippen LogP contribution in [0.5, 0.6) is 5.75 Å². The van der Waals surface area contributed by atoms with E-state index < -0.39 is 5.97 Å². The maximum Gasteiger partial charge on any atom is 0.335 e. The molecule has 1 aromatic carbocycles. The van der Waals surface area contributed by atoms with E-state index in [9.17, 15) is 9.90 Å². The predicted molar refractivity (Wildman–Crippen MR) is 147 cm³/mol. The molecule has 0 atom stereocenters. The van der Waals surface area contributed by atoms with Crippen LogP contribution in [-0.2, 0) is 0 Å². The van der Waals surface area contributed by atoms with E-state index >= 15 is 0 Å². The Morgan fingerprint density at radius 3 is 2.06 bits per heavy atom. The van der Waals surface area contributed by atoms with Crippen LogP contribution < -0.4 is 4.74 Å². The minimum atomic E-state index is -0.800. The molecule has 2 aliphatic carbocycles. The highest BCUT2D eigenvalue weighted by Gasteiger charge is 2.32.